The summed E-state index contributed by atoms with van der Waals surface area (Å²) in [7, 11) is 0. The summed E-state index contributed by atoms with van der Waals surface area (Å²) in [4.78, 5) is 3.93. The molecule has 14 heavy (non-hydrogen) atoms. The van der Waals surface area contributed by atoms with E-state index in [0.717, 1.165) is 5.33 Å². The van der Waals surface area contributed by atoms with E-state index in [9.17, 15) is 4.39 Å². The van der Waals surface area contributed by atoms with Crippen molar-refractivity contribution in [3.05, 3.63) is 24.1 Å². The van der Waals surface area contributed by atoms with E-state index in [4.69, 9.17) is 0 Å². The fourth-order valence-corrected chi connectivity index (χ4v) is 1.54. The Labute approximate surface area is 92.1 Å². The van der Waals surface area contributed by atoms with Crippen LogP contribution in [0.4, 0.5) is 10.2 Å². The fraction of sp³-hybridized carbons (Fsp3) is 0.500. The van der Waals surface area contributed by atoms with Gasteiger partial charge in [-0.15, -0.1) is 0 Å². The van der Waals surface area contributed by atoms with Crippen molar-refractivity contribution in [2.75, 3.05) is 10.6 Å². The molecule has 0 amide bonds. The number of nitrogens with zero attached hydrogens (tertiary/aromatic N) is 1. The highest BCUT2D eigenvalue weighted by Crippen LogP contribution is 2.14. The smallest absolute Gasteiger partial charge is 0.165 e. The lowest BCUT2D eigenvalue weighted by molar-refractivity contribution is 0.559. The summed E-state index contributed by atoms with van der Waals surface area (Å²) in [6, 6.07) is 3.18. The van der Waals surface area contributed by atoms with Crippen LogP contribution in [0.15, 0.2) is 18.3 Å². The fourth-order valence-electron chi connectivity index (χ4n) is 0.983. The Morgan fingerprint density at radius 3 is 2.86 bits per heavy atom. The third-order valence-corrected chi connectivity index (χ3v) is 3.24. The van der Waals surface area contributed by atoms with Gasteiger partial charge in [-0.25, -0.2) is 9.37 Å². The van der Waals surface area contributed by atoms with Crippen LogP contribution < -0.4 is 5.32 Å². The Bertz CT molecular complexity index is 293. The van der Waals surface area contributed by atoms with E-state index in [0.29, 0.717) is 11.7 Å². The molecule has 0 aliphatic carbocycles. The number of anilines is 1. The first-order chi connectivity index (χ1) is 6.65. The van der Waals surface area contributed by atoms with Crippen LogP contribution in [0.3, 0.4) is 0 Å². The number of halogens is 2. The molecule has 1 aromatic heterocycles. The average molecular weight is 261 g/mol. The largest absolute Gasteiger partial charge is 0.365 e. The first kappa shape index (κ1) is 11.4. The molecule has 0 saturated carbocycles. The van der Waals surface area contributed by atoms with Gasteiger partial charge in [0, 0.05) is 17.6 Å². The minimum Gasteiger partial charge on any atom is -0.365 e. The number of hydrogen-bond donors (Lipinski definition) is 1. The Morgan fingerprint density at radius 1 is 1.57 bits per heavy atom. The summed E-state index contributed by atoms with van der Waals surface area (Å²) in [5.41, 5.74) is 0. The van der Waals surface area contributed by atoms with E-state index in [1.807, 2.05) is 6.92 Å². The van der Waals surface area contributed by atoms with Crippen molar-refractivity contribution >= 4 is 21.7 Å². The van der Waals surface area contributed by atoms with E-state index in [1.54, 1.807) is 12.3 Å². The zero-order valence-electron chi connectivity index (χ0n) is 8.30. The maximum atomic E-state index is 13.2. The Hall–Kier alpha value is -0.640. The third-order valence-electron chi connectivity index (χ3n) is 2.22. The van der Waals surface area contributed by atoms with E-state index in [1.165, 1.54) is 6.07 Å². The zero-order valence-corrected chi connectivity index (χ0v) is 9.88. The van der Waals surface area contributed by atoms with Crippen LogP contribution in [0.2, 0.25) is 0 Å². The highest BCUT2D eigenvalue weighted by molar-refractivity contribution is 9.09. The highest BCUT2D eigenvalue weighted by Gasteiger charge is 2.12. The molecular formula is C10H14BrFN2. The Balaban J connectivity index is 2.64. The molecule has 0 radical (unpaired) electrons. The van der Waals surface area contributed by atoms with Crippen LogP contribution in [0, 0.1) is 11.7 Å². The number of hydrogen-bond acceptors (Lipinski definition) is 2. The summed E-state index contributed by atoms with van der Waals surface area (Å²) in [5.74, 6) is 0.449. The van der Waals surface area contributed by atoms with E-state index in [-0.39, 0.29) is 11.9 Å². The molecular weight excluding hydrogens is 247 g/mol. The Kier molecular flexibility index (Phi) is 4.32. The molecule has 1 heterocycles. The molecule has 2 unspecified atom stereocenters. The maximum absolute atomic E-state index is 13.2. The van der Waals surface area contributed by atoms with Crippen LogP contribution in [0.5, 0.6) is 0 Å². The quantitative estimate of drug-likeness (QED) is 0.842. The van der Waals surface area contributed by atoms with E-state index in [2.05, 4.69) is 33.2 Å². The lowest BCUT2D eigenvalue weighted by atomic mass is 10.1. The van der Waals surface area contributed by atoms with Gasteiger partial charge in [0.1, 0.15) is 0 Å². The molecule has 1 N–H and O–H groups in total. The van der Waals surface area contributed by atoms with Crippen LogP contribution in [-0.2, 0) is 0 Å². The van der Waals surface area contributed by atoms with E-state index >= 15 is 0 Å². The molecule has 1 aromatic rings. The van der Waals surface area contributed by atoms with Gasteiger partial charge in [0.05, 0.1) is 0 Å². The van der Waals surface area contributed by atoms with Gasteiger partial charge in [-0.3, -0.25) is 0 Å². The second-order valence-electron chi connectivity index (χ2n) is 3.40. The molecule has 0 bridgehead atoms. The van der Waals surface area contributed by atoms with Crippen molar-refractivity contribution in [1.82, 2.24) is 4.98 Å². The number of rotatable bonds is 4. The van der Waals surface area contributed by atoms with Crippen molar-refractivity contribution in [3.63, 3.8) is 0 Å². The zero-order chi connectivity index (χ0) is 10.6. The van der Waals surface area contributed by atoms with Crippen LogP contribution in [0.1, 0.15) is 13.8 Å². The number of nitrogens with one attached hydrogen (secondary N) is 1. The summed E-state index contributed by atoms with van der Waals surface area (Å²) >= 11 is 3.39. The standard InChI is InChI=1S/C10H14BrFN2/c1-7(6-11)8(2)14-10-9(12)4-3-5-13-10/h3-5,7-8H,6H2,1-2H3,(H,13,14). The van der Waals surface area contributed by atoms with Gasteiger partial charge in [-0.2, -0.15) is 0 Å². The van der Waals surface area contributed by atoms with Gasteiger partial charge >= 0.3 is 0 Å². The normalized spacial score (nSPS) is 14.9. The molecule has 78 valence electrons. The summed E-state index contributed by atoms with van der Waals surface area (Å²) in [6.45, 7) is 4.10. The molecule has 0 aliphatic rings. The summed E-state index contributed by atoms with van der Waals surface area (Å²) in [6.07, 6.45) is 1.58. The molecule has 2 atom stereocenters. The van der Waals surface area contributed by atoms with Gasteiger partial charge in [0.15, 0.2) is 11.6 Å². The monoisotopic (exact) mass is 260 g/mol. The number of aromatic nitrogens is 1. The van der Waals surface area contributed by atoms with Crippen LogP contribution in [0.25, 0.3) is 0 Å². The van der Waals surface area contributed by atoms with Gasteiger partial charge in [0.25, 0.3) is 0 Å². The molecule has 0 aromatic carbocycles. The summed E-state index contributed by atoms with van der Waals surface area (Å²) in [5, 5.41) is 3.93. The van der Waals surface area contributed by atoms with Gasteiger partial charge in [-0.05, 0) is 25.0 Å². The minimum atomic E-state index is -0.305. The predicted octanol–water partition coefficient (Wildman–Crippen LogP) is 3.05. The van der Waals surface area contributed by atoms with Crippen molar-refractivity contribution in [1.29, 1.82) is 0 Å². The average Bonchev–Trinajstić information content (AvgIpc) is 2.20. The second kappa shape index (κ2) is 5.29. The van der Waals surface area contributed by atoms with Crippen molar-refractivity contribution in [3.8, 4) is 0 Å². The topological polar surface area (TPSA) is 24.9 Å². The van der Waals surface area contributed by atoms with E-state index < -0.39 is 0 Å². The molecule has 0 saturated heterocycles. The third kappa shape index (κ3) is 2.94. The van der Waals surface area contributed by atoms with Crippen LogP contribution >= 0.6 is 15.9 Å². The SMILES string of the molecule is CC(CBr)C(C)Nc1ncccc1F. The molecule has 0 fully saturated rings. The molecule has 1 rings (SSSR count). The predicted molar refractivity (Wildman–Crippen MR) is 60.2 cm³/mol. The highest BCUT2D eigenvalue weighted by atomic mass is 79.9. The lowest BCUT2D eigenvalue weighted by Gasteiger charge is -2.19. The van der Waals surface area contributed by atoms with Crippen molar-refractivity contribution in [2.45, 2.75) is 19.9 Å². The van der Waals surface area contributed by atoms with Crippen molar-refractivity contribution in [2.24, 2.45) is 5.92 Å². The van der Waals surface area contributed by atoms with Gasteiger partial charge in [0.2, 0.25) is 0 Å². The molecule has 4 heteroatoms. The van der Waals surface area contributed by atoms with Crippen molar-refractivity contribution < 1.29 is 4.39 Å². The molecule has 2 nitrogen and oxygen atoms in total. The second-order valence-corrected chi connectivity index (χ2v) is 4.05. The Morgan fingerprint density at radius 2 is 2.29 bits per heavy atom. The molecule has 0 spiro atoms. The van der Waals surface area contributed by atoms with Crippen LogP contribution in [-0.4, -0.2) is 16.4 Å². The number of pyridine rings is 1. The van der Waals surface area contributed by atoms with Gasteiger partial charge in [-0.1, -0.05) is 22.9 Å². The van der Waals surface area contributed by atoms with Gasteiger partial charge < -0.3 is 5.32 Å². The lowest BCUT2D eigenvalue weighted by Crippen LogP contribution is -2.25. The first-order valence-electron chi connectivity index (χ1n) is 4.58. The number of alkyl halides is 1. The first-order valence-corrected chi connectivity index (χ1v) is 5.70. The minimum absolute atomic E-state index is 0.193. The molecule has 0 aliphatic heterocycles. The summed E-state index contributed by atoms with van der Waals surface area (Å²) < 4.78 is 13.2. The maximum Gasteiger partial charge on any atom is 0.165 e.